The lowest BCUT2D eigenvalue weighted by atomic mass is 10.1. The molecule has 1 rings (SSSR count). The number of aromatic carboxylic acids is 1. The van der Waals surface area contributed by atoms with Crippen LogP contribution in [0.4, 0.5) is 5.69 Å². The number of hydrogen-bond acceptors (Lipinski definition) is 5. The lowest BCUT2D eigenvalue weighted by molar-refractivity contribution is 0.0697. The molecule has 0 radical (unpaired) electrons. The highest BCUT2D eigenvalue weighted by Crippen LogP contribution is 2.33. The highest BCUT2D eigenvalue weighted by molar-refractivity contribution is 7.90. The second kappa shape index (κ2) is 6.64. The van der Waals surface area contributed by atoms with Crippen LogP contribution in [-0.2, 0) is 10.2 Å². The van der Waals surface area contributed by atoms with Crippen LogP contribution in [0.3, 0.4) is 0 Å². The molecule has 8 nitrogen and oxygen atoms in total. The van der Waals surface area contributed by atoms with Gasteiger partial charge < -0.3 is 14.6 Å². The summed E-state index contributed by atoms with van der Waals surface area (Å²) in [4.78, 5) is 11.2. The maximum absolute atomic E-state index is 11.9. The lowest BCUT2D eigenvalue weighted by Gasteiger charge is -2.16. The highest BCUT2D eigenvalue weighted by Gasteiger charge is 2.20. The summed E-state index contributed by atoms with van der Waals surface area (Å²) in [6.07, 6.45) is 0. The SMILES string of the molecule is COc1cc(NS(=O)(=O)NC(C)C)c(C(=O)O)cc1OC. The second-order valence-corrected chi connectivity index (χ2v) is 5.88. The molecule has 3 N–H and O–H groups in total. The molecule has 0 aromatic heterocycles. The van der Waals surface area contributed by atoms with Crippen molar-refractivity contribution in [3.05, 3.63) is 17.7 Å². The first-order chi connectivity index (χ1) is 9.70. The van der Waals surface area contributed by atoms with Crippen LogP contribution < -0.4 is 18.9 Å². The van der Waals surface area contributed by atoms with Gasteiger partial charge in [-0.1, -0.05) is 0 Å². The van der Waals surface area contributed by atoms with E-state index in [0.29, 0.717) is 0 Å². The van der Waals surface area contributed by atoms with Gasteiger partial charge >= 0.3 is 5.97 Å². The third-order valence-corrected chi connectivity index (χ3v) is 3.66. The normalized spacial score (nSPS) is 11.3. The molecule has 118 valence electrons. The molecule has 0 bridgehead atoms. The summed E-state index contributed by atoms with van der Waals surface area (Å²) in [5, 5.41) is 9.18. The predicted octanol–water partition coefficient (Wildman–Crippen LogP) is 1.06. The maximum Gasteiger partial charge on any atom is 0.337 e. The molecule has 0 aliphatic carbocycles. The molecule has 0 spiro atoms. The maximum atomic E-state index is 11.9. The summed E-state index contributed by atoms with van der Waals surface area (Å²) in [6, 6.07) is 2.10. The minimum Gasteiger partial charge on any atom is -0.493 e. The Hall–Kier alpha value is -2.00. The smallest absolute Gasteiger partial charge is 0.337 e. The molecule has 9 heteroatoms. The van der Waals surface area contributed by atoms with E-state index in [0.717, 1.165) is 0 Å². The molecular weight excluding hydrogens is 300 g/mol. The molecule has 0 aliphatic heterocycles. The number of rotatable bonds is 7. The van der Waals surface area contributed by atoms with E-state index in [1.165, 1.54) is 26.4 Å². The van der Waals surface area contributed by atoms with Gasteiger partial charge in [-0.05, 0) is 13.8 Å². The van der Waals surface area contributed by atoms with E-state index in [2.05, 4.69) is 9.44 Å². The number of carboxylic acid groups (broad SMARTS) is 1. The topological polar surface area (TPSA) is 114 Å². The molecule has 0 saturated carbocycles. The standard InChI is InChI=1S/C12H18N2O6S/c1-7(2)13-21(17,18)14-9-6-11(20-4)10(19-3)5-8(9)12(15)16/h5-7,13-14H,1-4H3,(H,15,16). The summed E-state index contributed by atoms with van der Waals surface area (Å²) >= 11 is 0. The van der Waals surface area contributed by atoms with Gasteiger partial charge in [0.1, 0.15) is 0 Å². The Labute approximate surface area is 123 Å². The van der Waals surface area contributed by atoms with E-state index < -0.39 is 16.2 Å². The first-order valence-corrected chi connectivity index (χ1v) is 7.48. The van der Waals surface area contributed by atoms with Gasteiger partial charge in [-0.2, -0.15) is 13.1 Å². The summed E-state index contributed by atoms with van der Waals surface area (Å²) < 4.78 is 38.2. The number of nitrogens with one attached hydrogen (secondary N) is 2. The Morgan fingerprint density at radius 2 is 1.71 bits per heavy atom. The fourth-order valence-electron chi connectivity index (χ4n) is 1.62. The van der Waals surface area contributed by atoms with Crippen molar-refractivity contribution in [3.8, 4) is 11.5 Å². The van der Waals surface area contributed by atoms with E-state index in [1.54, 1.807) is 13.8 Å². The Morgan fingerprint density at radius 1 is 1.19 bits per heavy atom. The van der Waals surface area contributed by atoms with E-state index in [1.807, 2.05) is 0 Å². The predicted molar refractivity (Wildman–Crippen MR) is 77.3 cm³/mol. The molecule has 0 heterocycles. The van der Waals surface area contributed by atoms with Crippen LogP contribution in [-0.4, -0.2) is 39.8 Å². The fourth-order valence-corrected chi connectivity index (χ4v) is 2.76. The molecule has 0 saturated heterocycles. The van der Waals surface area contributed by atoms with Crippen LogP contribution in [0.1, 0.15) is 24.2 Å². The van der Waals surface area contributed by atoms with Crippen LogP contribution in [0.25, 0.3) is 0 Å². The number of carboxylic acids is 1. The van der Waals surface area contributed by atoms with Gasteiger partial charge in [-0.25, -0.2) is 4.79 Å². The van der Waals surface area contributed by atoms with Gasteiger partial charge in [0.15, 0.2) is 11.5 Å². The van der Waals surface area contributed by atoms with Gasteiger partial charge in [0.2, 0.25) is 0 Å². The molecule has 21 heavy (non-hydrogen) atoms. The van der Waals surface area contributed by atoms with E-state index in [-0.39, 0.29) is 28.8 Å². The third kappa shape index (κ3) is 4.50. The number of carbonyl (C=O) groups is 1. The quantitative estimate of drug-likeness (QED) is 0.692. The minimum absolute atomic E-state index is 0.117. The minimum atomic E-state index is -3.89. The Morgan fingerprint density at radius 3 is 2.14 bits per heavy atom. The Bertz CT molecular complexity index is 627. The van der Waals surface area contributed by atoms with Gasteiger partial charge in [0.05, 0.1) is 25.5 Å². The Balaban J connectivity index is 3.30. The largest absolute Gasteiger partial charge is 0.493 e. The first kappa shape index (κ1) is 17.1. The van der Waals surface area contributed by atoms with Gasteiger partial charge in [0.25, 0.3) is 10.2 Å². The van der Waals surface area contributed by atoms with E-state index >= 15 is 0 Å². The number of hydrogen-bond donors (Lipinski definition) is 3. The van der Waals surface area contributed by atoms with Crippen molar-refractivity contribution < 1.29 is 27.8 Å². The number of ether oxygens (including phenoxy) is 2. The van der Waals surface area contributed by atoms with Crippen molar-refractivity contribution in [2.75, 3.05) is 18.9 Å². The van der Waals surface area contributed by atoms with Crippen LogP contribution in [0.15, 0.2) is 12.1 Å². The van der Waals surface area contributed by atoms with Gasteiger partial charge in [0, 0.05) is 18.2 Å². The van der Waals surface area contributed by atoms with Crippen LogP contribution >= 0.6 is 0 Å². The zero-order valence-corrected chi connectivity index (χ0v) is 12.9. The van der Waals surface area contributed by atoms with Crippen LogP contribution in [0, 0.1) is 0 Å². The average Bonchev–Trinajstić information content (AvgIpc) is 2.35. The van der Waals surface area contributed by atoms with E-state index in [9.17, 15) is 18.3 Å². The number of anilines is 1. The summed E-state index contributed by atoms with van der Waals surface area (Å²) in [5.74, 6) is -0.891. The molecular formula is C12H18N2O6S. The van der Waals surface area contributed by atoms with Crippen molar-refractivity contribution in [1.29, 1.82) is 0 Å². The molecule has 0 unspecified atom stereocenters. The van der Waals surface area contributed by atoms with Crippen molar-refractivity contribution in [2.45, 2.75) is 19.9 Å². The average molecular weight is 318 g/mol. The number of methoxy groups -OCH3 is 2. The van der Waals surface area contributed by atoms with Crippen molar-refractivity contribution in [3.63, 3.8) is 0 Å². The van der Waals surface area contributed by atoms with Gasteiger partial charge in [-0.15, -0.1) is 0 Å². The monoisotopic (exact) mass is 318 g/mol. The zero-order valence-electron chi connectivity index (χ0n) is 12.1. The first-order valence-electron chi connectivity index (χ1n) is 5.99. The fraction of sp³-hybridized carbons (Fsp3) is 0.417. The van der Waals surface area contributed by atoms with E-state index in [4.69, 9.17) is 9.47 Å². The zero-order chi connectivity index (χ0) is 16.2. The Kier molecular flexibility index (Phi) is 5.39. The summed E-state index contributed by atoms with van der Waals surface area (Å²) in [5.41, 5.74) is -0.366. The molecule has 0 amide bonds. The highest BCUT2D eigenvalue weighted by atomic mass is 32.2. The second-order valence-electron chi connectivity index (χ2n) is 4.44. The molecule has 0 aliphatic rings. The molecule has 0 atom stereocenters. The molecule has 1 aromatic rings. The van der Waals surface area contributed by atoms with Crippen molar-refractivity contribution in [2.24, 2.45) is 0 Å². The molecule has 1 aromatic carbocycles. The van der Waals surface area contributed by atoms with Crippen LogP contribution in [0.5, 0.6) is 11.5 Å². The van der Waals surface area contributed by atoms with Gasteiger partial charge in [-0.3, -0.25) is 4.72 Å². The summed E-state index contributed by atoms with van der Waals surface area (Å²) in [6.45, 7) is 3.29. The van der Waals surface area contributed by atoms with Crippen LogP contribution in [0.2, 0.25) is 0 Å². The number of benzene rings is 1. The third-order valence-electron chi connectivity index (χ3n) is 2.39. The van der Waals surface area contributed by atoms with Crippen molar-refractivity contribution >= 4 is 21.9 Å². The van der Waals surface area contributed by atoms with Crippen molar-refractivity contribution in [1.82, 2.24) is 4.72 Å². The lowest BCUT2D eigenvalue weighted by Crippen LogP contribution is -2.35. The summed E-state index contributed by atoms with van der Waals surface area (Å²) in [7, 11) is -1.18. The molecule has 0 fully saturated rings.